The molecule has 10 heteroatoms. The van der Waals surface area contributed by atoms with E-state index in [0.29, 0.717) is 17.1 Å². The van der Waals surface area contributed by atoms with Crippen LogP contribution < -0.4 is 16.0 Å². The minimum atomic E-state index is -4.58. The fourth-order valence-corrected chi connectivity index (χ4v) is 2.55. The Kier molecular flexibility index (Phi) is 6.05. The molecule has 3 rings (SSSR count). The van der Waals surface area contributed by atoms with E-state index in [9.17, 15) is 22.8 Å². The molecule has 0 aliphatic heterocycles. The fourth-order valence-electron chi connectivity index (χ4n) is 2.55. The number of urea groups is 1. The first-order valence-corrected chi connectivity index (χ1v) is 8.76. The molecule has 30 heavy (non-hydrogen) atoms. The lowest BCUT2D eigenvalue weighted by molar-refractivity contribution is -0.141. The fraction of sp³-hybridized carbons (Fsp3) is 0.150. The molecule has 3 N–H and O–H groups in total. The van der Waals surface area contributed by atoms with Crippen molar-refractivity contribution in [2.45, 2.75) is 19.6 Å². The van der Waals surface area contributed by atoms with Gasteiger partial charge in [0.15, 0.2) is 0 Å². The minimum absolute atomic E-state index is 0.0301. The van der Waals surface area contributed by atoms with E-state index in [-0.39, 0.29) is 17.8 Å². The van der Waals surface area contributed by atoms with E-state index < -0.39 is 23.8 Å². The summed E-state index contributed by atoms with van der Waals surface area (Å²) >= 11 is 0. The van der Waals surface area contributed by atoms with Gasteiger partial charge in [-0.3, -0.25) is 4.79 Å². The second-order valence-corrected chi connectivity index (χ2v) is 6.25. The van der Waals surface area contributed by atoms with Crippen LogP contribution in [0.25, 0.3) is 0 Å². The van der Waals surface area contributed by atoms with Gasteiger partial charge >= 0.3 is 12.2 Å². The molecule has 0 unspecified atom stereocenters. The Hall–Kier alpha value is -3.82. The molecule has 0 spiro atoms. The number of rotatable bonds is 5. The zero-order valence-corrected chi connectivity index (χ0v) is 15.7. The van der Waals surface area contributed by atoms with Gasteiger partial charge in [-0.1, -0.05) is 0 Å². The van der Waals surface area contributed by atoms with Crippen LogP contribution in [-0.2, 0) is 12.7 Å². The van der Waals surface area contributed by atoms with E-state index in [2.05, 4.69) is 20.9 Å². The standard InChI is InChI=1S/C20H17F3N4O3/c1-12-16(8-9-17(25-12)20(21,22)23)18(28)26-13-4-6-14(7-5-13)27-19(29)24-11-15-3-2-10-30-15/h2-10H,11H2,1H3,(H,26,28)(H2,24,27,29). The van der Waals surface area contributed by atoms with E-state index in [4.69, 9.17) is 4.42 Å². The van der Waals surface area contributed by atoms with Crippen molar-refractivity contribution in [1.82, 2.24) is 10.3 Å². The Morgan fingerprint density at radius 1 is 1.00 bits per heavy atom. The van der Waals surface area contributed by atoms with Crippen LogP contribution in [0.1, 0.15) is 27.5 Å². The summed E-state index contributed by atoms with van der Waals surface area (Å²) in [4.78, 5) is 27.6. The number of alkyl halides is 3. The van der Waals surface area contributed by atoms with Crippen molar-refractivity contribution in [1.29, 1.82) is 0 Å². The highest BCUT2D eigenvalue weighted by atomic mass is 19.4. The van der Waals surface area contributed by atoms with E-state index in [1.54, 1.807) is 36.4 Å². The summed E-state index contributed by atoms with van der Waals surface area (Å²) in [5.74, 6) is 0.0156. The van der Waals surface area contributed by atoms with E-state index >= 15 is 0 Å². The Balaban J connectivity index is 1.57. The van der Waals surface area contributed by atoms with Crippen molar-refractivity contribution < 1.29 is 27.2 Å². The van der Waals surface area contributed by atoms with Crippen LogP contribution in [-0.4, -0.2) is 16.9 Å². The smallest absolute Gasteiger partial charge is 0.433 e. The monoisotopic (exact) mass is 418 g/mol. The lowest BCUT2D eigenvalue weighted by Crippen LogP contribution is -2.27. The Morgan fingerprint density at radius 2 is 1.67 bits per heavy atom. The van der Waals surface area contributed by atoms with E-state index in [0.717, 1.165) is 12.1 Å². The van der Waals surface area contributed by atoms with Gasteiger partial charge in [-0.15, -0.1) is 0 Å². The second kappa shape index (κ2) is 8.68. The molecule has 1 aromatic carbocycles. The number of nitrogens with zero attached hydrogens (tertiary/aromatic N) is 1. The highest BCUT2D eigenvalue weighted by Gasteiger charge is 2.33. The van der Waals surface area contributed by atoms with Gasteiger partial charge in [-0.25, -0.2) is 9.78 Å². The number of hydrogen-bond donors (Lipinski definition) is 3. The molecule has 0 aliphatic rings. The number of amides is 3. The number of aryl methyl sites for hydroxylation is 1. The maximum Gasteiger partial charge on any atom is 0.433 e. The van der Waals surface area contributed by atoms with E-state index in [1.165, 1.54) is 13.2 Å². The zero-order valence-electron chi connectivity index (χ0n) is 15.7. The highest BCUT2D eigenvalue weighted by molar-refractivity contribution is 6.05. The van der Waals surface area contributed by atoms with Crippen molar-refractivity contribution in [3.8, 4) is 0 Å². The summed E-state index contributed by atoms with van der Waals surface area (Å²) in [6, 6.07) is 11.1. The summed E-state index contributed by atoms with van der Waals surface area (Å²) in [5, 5.41) is 7.83. The maximum absolute atomic E-state index is 12.7. The molecule has 0 saturated carbocycles. The zero-order chi connectivity index (χ0) is 21.7. The second-order valence-electron chi connectivity index (χ2n) is 6.25. The molecule has 156 valence electrons. The lowest BCUT2D eigenvalue weighted by Gasteiger charge is -2.11. The number of pyridine rings is 1. The largest absolute Gasteiger partial charge is 0.467 e. The highest BCUT2D eigenvalue weighted by Crippen LogP contribution is 2.28. The van der Waals surface area contributed by atoms with Crippen molar-refractivity contribution in [2.24, 2.45) is 0 Å². The van der Waals surface area contributed by atoms with Crippen LogP contribution in [0.15, 0.2) is 59.2 Å². The molecular formula is C20H17F3N4O3. The number of carbonyl (C=O) groups is 2. The third-order valence-corrected chi connectivity index (χ3v) is 4.02. The lowest BCUT2D eigenvalue weighted by atomic mass is 10.1. The van der Waals surface area contributed by atoms with Crippen LogP contribution in [0.5, 0.6) is 0 Å². The number of aromatic nitrogens is 1. The van der Waals surface area contributed by atoms with Gasteiger partial charge in [-0.2, -0.15) is 13.2 Å². The summed E-state index contributed by atoms with van der Waals surface area (Å²) in [7, 11) is 0. The molecule has 3 aromatic rings. The molecule has 0 aliphatic carbocycles. The number of carbonyl (C=O) groups excluding carboxylic acids is 2. The van der Waals surface area contributed by atoms with Crippen molar-refractivity contribution >= 4 is 23.3 Å². The van der Waals surface area contributed by atoms with Crippen molar-refractivity contribution in [3.63, 3.8) is 0 Å². The first kappa shape index (κ1) is 20.9. The van der Waals surface area contributed by atoms with Gasteiger partial charge in [0.1, 0.15) is 11.5 Å². The average molecular weight is 418 g/mol. The van der Waals surface area contributed by atoms with Gasteiger partial charge in [0.2, 0.25) is 0 Å². The van der Waals surface area contributed by atoms with Crippen LogP contribution in [0.3, 0.4) is 0 Å². The van der Waals surface area contributed by atoms with E-state index in [1.807, 2.05) is 0 Å². The summed E-state index contributed by atoms with van der Waals surface area (Å²) in [6.07, 6.45) is -3.07. The third kappa shape index (κ3) is 5.37. The Labute approximate surface area is 169 Å². The van der Waals surface area contributed by atoms with Gasteiger partial charge in [0, 0.05) is 11.4 Å². The molecule has 0 fully saturated rings. The molecule has 2 heterocycles. The number of hydrogen-bond acceptors (Lipinski definition) is 4. The summed E-state index contributed by atoms with van der Waals surface area (Å²) in [5.41, 5.74) is -0.174. The molecule has 2 aromatic heterocycles. The van der Waals surface area contributed by atoms with Crippen LogP contribution in [0, 0.1) is 6.92 Å². The quantitative estimate of drug-likeness (QED) is 0.565. The third-order valence-electron chi connectivity index (χ3n) is 4.02. The molecule has 0 radical (unpaired) electrons. The van der Waals surface area contributed by atoms with Crippen LogP contribution in [0.2, 0.25) is 0 Å². The Morgan fingerprint density at radius 3 is 2.23 bits per heavy atom. The SMILES string of the molecule is Cc1nc(C(F)(F)F)ccc1C(=O)Nc1ccc(NC(=O)NCc2ccco2)cc1. The van der Waals surface area contributed by atoms with Crippen LogP contribution >= 0.6 is 0 Å². The molecular weight excluding hydrogens is 401 g/mol. The molecule has 0 bridgehead atoms. The van der Waals surface area contributed by atoms with Gasteiger partial charge in [-0.05, 0) is 55.5 Å². The molecule has 7 nitrogen and oxygen atoms in total. The predicted molar refractivity (Wildman–Crippen MR) is 103 cm³/mol. The van der Waals surface area contributed by atoms with Gasteiger partial charge in [0.05, 0.1) is 24.1 Å². The van der Waals surface area contributed by atoms with Crippen molar-refractivity contribution in [3.05, 3.63) is 77.5 Å². The average Bonchev–Trinajstić information content (AvgIpc) is 3.21. The Bertz CT molecular complexity index is 1030. The maximum atomic E-state index is 12.7. The number of benzene rings is 1. The molecule has 0 saturated heterocycles. The molecule has 0 atom stereocenters. The first-order valence-electron chi connectivity index (χ1n) is 8.76. The predicted octanol–water partition coefficient (Wildman–Crippen LogP) is 4.58. The number of furan rings is 1. The van der Waals surface area contributed by atoms with Gasteiger partial charge in [0.25, 0.3) is 5.91 Å². The number of nitrogens with one attached hydrogen (secondary N) is 3. The van der Waals surface area contributed by atoms with Crippen LogP contribution in [0.4, 0.5) is 29.3 Å². The molecule has 3 amide bonds. The normalized spacial score (nSPS) is 11.1. The minimum Gasteiger partial charge on any atom is -0.467 e. The summed E-state index contributed by atoms with van der Waals surface area (Å²) < 4.78 is 43.2. The van der Waals surface area contributed by atoms with Crippen molar-refractivity contribution in [2.75, 3.05) is 10.6 Å². The summed E-state index contributed by atoms with van der Waals surface area (Å²) in [6.45, 7) is 1.56. The first-order chi connectivity index (χ1) is 14.2. The van der Waals surface area contributed by atoms with Gasteiger partial charge < -0.3 is 20.4 Å². The number of anilines is 2. The number of halogens is 3. The topological polar surface area (TPSA) is 96.3 Å².